The van der Waals surface area contributed by atoms with Crippen molar-refractivity contribution in [2.75, 3.05) is 13.4 Å². The molecule has 0 aliphatic heterocycles. The first-order chi connectivity index (χ1) is 13.5. The Morgan fingerprint density at radius 2 is 2.07 bits per heavy atom. The van der Waals surface area contributed by atoms with Crippen LogP contribution in [0.15, 0.2) is 29.3 Å². The van der Waals surface area contributed by atoms with Crippen LogP contribution in [-0.2, 0) is 11.3 Å². The van der Waals surface area contributed by atoms with Gasteiger partial charge in [0.2, 0.25) is 0 Å². The summed E-state index contributed by atoms with van der Waals surface area (Å²) in [6, 6.07) is 8.72. The lowest BCUT2D eigenvalue weighted by Crippen LogP contribution is -2.11. The van der Waals surface area contributed by atoms with Crippen LogP contribution in [0.2, 0.25) is 0 Å². The number of hydrogen-bond donors (Lipinski definition) is 0. The van der Waals surface area contributed by atoms with Gasteiger partial charge in [-0.2, -0.15) is 5.26 Å². The molecule has 0 spiro atoms. The van der Waals surface area contributed by atoms with E-state index in [1.807, 2.05) is 6.26 Å². The summed E-state index contributed by atoms with van der Waals surface area (Å²) >= 11 is 1.34. The molecule has 1 aliphatic carbocycles. The Labute approximate surface area is 167 Å². The molecule has 0 saturated heterocycles. The lowest BCUT2D eigenvalue weighted by Gasteiger charge is -2.13. The van der Waals surface area contributed by atoms with Gasteiger partial charge >= 0.3 is 5.97 Å². The average Bonchev–Trinajstić information content (AvgIpc) is 3.55. The smallest absolute Gasteiger partial charge is 0.339 e. The maximum Gasteiger partial charge on any atom is 0.339 e. The second-order valence-corrected chi connectivity index (χ2v) is 7.32. The number of Topliss-reactive ketones (excluding diaryl/α,β-unsaturated/α-hetero) is 1. The molecular weight excluding hydrogens is 376 g/mol. The van der Waals surface area contributed by atoms with E-state index < -0.39 is 5.97 Å². The van der Waals surface area contributed by atoms with E-state index in [4.69, 9.17) is 9.47 Å². The molecule has 1 saturated carbocycles. The number of hydrogen-bond acceptors (Lipinski definition) is 7. The van der Waals surface area contributed by atoms with Crippen molar-refractivity contribution in [2.24, 2.45) is 0 Å². The number of rotatable bonds is 7. The van der Waals surface area contributed by atoms with Gasteiger partial charge in [-0.15, -0.1) is 11.8 Å². The number of carbonyl (C=O) groups is 2. The summed E-state index contributed by atoms with van der Waals surface area (Å²) in [6.07, 6.45) is 3.90. The van der Waals surface area contributed by atoms with Crippen molar-refractivity contribution in [2.45, 2.75) is 37.3 Å². The van der Waals surface area contributed by atoms with Crippen molar-refractivity contribution in [3.63, 3.8) is 0 Å². The molecule has 0 N–H and O–H groups in total. The minimum absolute atomic E-state index is 0.0658. The SMILES string of the molecule is COc1ccc(C(C)=O)cc1COC(=O)c1cc(C2CC2)nc(SC)c1C#N. The summed E-state index contributed by atoms with van der Waals surface area (Å²) in [5.41, 5.74) is 2.38. The zero-order chi connectivity index (χ0) is 20.3. The van der Waals surface area contributed by atoms with Gasteiger partial charge < -0.3 is 9.47 Å². The fourth-order valence-electron chi connectivity index (χ4n) is 2.88. The van der Waals surface area contributed by atoms with Crippen molar-refractivity contribution in [3.05, 3.63) is 52.2 Å². The van der Waals surface area contributed by atoms with Gasteiger partial charge in [-0.25, -0.2) is 9.78 Å². The number of ketones is 1. The van der Waals surface area contributed by atoms with Crippen molar-refractivity contribution in [3.8, 4) is 11.8 Å². The van der Waals surface area contributed by atoms with Crippen LogP contribution in [-0.4, -0.2) is 30.1 Å². The topological polar surface area (TPSA) is 89.3 Å². The predicted molar refractivity (Wildman–Crippen MR) is 105 cm³/mol. The molecule has 3 rings (SSSR count). The Kier molecular flexibility index (Phi) is 6.00. The van der Waals surface area contributed by atoms with E-state index in [0.29, 0.717) is 27.8 Å². The first kappa shape index (κ1) is 19.9. The van der Waals surface area contributed by atoms with Gasteiger partial charge in [0.1, 0.15) is 23.5 Å². The van der Waals surface area contributed by atoms with Crippen molar-refractivity contribution in [1.82, 2.24) is 4.98 Å². The van der Waals surface area contributed by atoms with E-state index in [2.05, 4.69) is 11.1 Å². The van der Waals surface area contributed by atoms with E-state index >= 15 is 0 Å². The Bertz CT molecular complexity index is 977. The van der Waals surface area contributed by atoms with Crippen molar-refractivity contribution in [1.29, 1.82) is 5.26 Å². The van der Waals surface area contributed by atoms with Gasteiger partial charge in [-0.05, 0) is 50.3 Å². The summed E-state index contributed by atoms with van der Waals surface area (Å²) in [5, 5.41) is 10.1. The summed E-state index contributed by atoms with van der Waals surface area (Å²) in [7, 11) is 1.51. The highest BCUT2D eigenvalue weighted by atomic mass is 32.2. The van der Waals surface area contributed by atoms with E-state index in [-0.39, 0.29) is 23.5 Å². The van der Waals surface area contributed by atoms with Gasteiger partial charge in [-0.3, -0.25) is 4.79 Å². The predicted octanol–water partition coefficient (Wildman–Crippen LogP) is 4.12. The molecule has 0 bridgehead atoms. The number of benzene rings is 1. The fourth-order valence-corrected chi connectivity index (χ4v) is 3.43. The van der Waals surface area contributed by atoms with E-state index in [9.17, 15) is 14.9 Å². The highest BCUT2D eigenvalue weighted by molar-refractivity contribution is 7.98. The monoisotopic (exact) mass is 396 g/mol. The normalized spacial score (nSPS) is 12.9. The molecular formula is C21H20N2O4S. The first-order valence-electron chi connectivity index (χ1n) is 8.82. The number of thioether (sulfide) groups is 1. The number of nitriles is 1. The number of methoxy groups -OCH3 is 1. The molecule has 1 aromatic heterocycles. The molecule has 6 nitrogen and oxygen atoms in total. The highest BCUT2D eigenvalue weighted by Crippen LogP contribution is 2.40. The fraction of sp³-hybridized carbons (Fsp3) is 0.333. The Morgan fingerprint density at radius 1 is 1.32 bits per heavy atom. The molecule has 1 aromatic carbocycles. The third-order valence-corrected chi connectivity index (χ3v) is 5.25. The standard InChI is InChI=1S/C21H20N2O4S/c1-12(24)14-6-7-19(26-2)15(8-14)11-27-21(25)16-9-18(13-4-5-13)23-20(28-3)17(16)10-22/h6-9,13H,4-5,11H2,1-3H3. The number of pyridine rings is 1. The zero-order valence-electron chi connectivity index (χ0n) is 15.9. The van der Waals surface area contributed by atoms with Crippen LogP contribution in [0, 0.1) is 11.3 Å². The third-order valence-electron chi connectivity index (χ3n) is 4.57. The van der Waals surface area contributed by atoms with Crippen LogP contribution in [0.25, 0.3) is 0 Å². The van der Waals surface area contributed by atoms with E-state index in [1.54, 1.807) is 24.3 Å². The van der Waals surface area contributed by atoms with Crippen LogP contribution in [0.1, 0.15) is 63.2 Å². The van der Waals surface area contributed by atoms with Gasteiger partial charge in [0.15, 0.2) is 5.78 Å². The second kappa shape index (κ2) is 8.44. The third kappa shape index (κ3) is 4.18. The highest BCUT2D eigenvalue weighted by Gasteiger charge is 2.29. The van der Waals surface area contributed by atoms with Crippen LogP contribution < -0.4 is 4.74 Å². The van der Waals surface area contributed by atoms with Gasteiger partial charge in [-0.1, -0.05) is 0 Å². The van der Waals surface area contributed by atoms with Crippen LogP contribution in [0.5, 0.6) is 5.75 Å². The van der Waals surface area contributed by atoms with E-state index in [0.717, 1.165) is 18.5 Å². The Balaban J connectivity index is 1.88. The zero-order valence-corrected chi connectivity index (χ0v) is 16.8. The molecule has 0 atom stereocenters. The van der Waals surface area contributed by atoms with E-state index in [1.165, 1.54) is 25.8 Å². The minimum Gasteiger partial charge on any atom is -0.496 e. The summed E-state index contributed by atoms with van der Waals surface area (Å²) in [6.45, 7) is 1.40. The molecule has 1 heterocycles. The first-order valence-corrected chi connectivity index (χ1v) is 10.0. The maximum absolute atomic E-state index is 12.8. The molecule has 0 amide bonds. The molecule has 1 fully saturated rings. The Morgan fingerprint density at radius 3 is 2.64 bits per heavy atom. The molecule has 1 aliphatic rings. The van der Waals surface area contributed by atoms with Crippen molar-refractivity contribution >= 4 is 23.5 Å². The molecule has 28 heavy (non-hydrogen) atoms. The number of carbonyl (C=O) groups excluding carboxylic acids is 2. The molecule has 0 radical (unpaired) electrons. The second-order valence-electron chi connectivity index (χ2n) is 6.52. The van der Waals surface area contributed by atoms with Crippen LogP contribution >= 0.6 is 11.8 Å². The minimum atomic E-state index is -0.591. The number of aromatic nitrogens is 1. The average molecular weight is 396 g/mol. The van der Waals surface area contributed by atoms with Gasteiger partial charge in [0.05, 0.1) is 18.2 Å². The maximum atomic E-state index is 12.8. The summed E-state index contributed by atoms with van der Waals surface area (Å²) < 4.78 is 10.8. The molecule has 0 unspecified atom stereocenters. The van der Waals surface area contributed by atoms with Crippen molar-refractivity contribution < 1.29 is 19.1 Å². The largest absolute Gasteiger partial charge is 0.496 e. The van der Waals surface area contributed by atoms with Crippen LogP contribution in [0.3, 0.4) is 0 Å². The lowest BCUT2D eigenvalue weighted by molar-refractivity contribution is 0.0469. The molecule has 144 valence electrons. The number of nitrogens with zero attached hydrogens (tertiary/aromatic N) is 2. The number of esters is 1. The summed E-state index contributed by atoms with van der Waals surface area (Å²) in [4.78, 5) is 28.9. The quantitative estimate of drug-likeness (QED) is 0.395. The van der Waals surface area contributed by atoms with Gasteiger partial charge in [0.25, 0.3) is 0 Å². The molecule has 7 heteroatoms. The van der Waals surface area contributed by atoms with Gasteiger partial charge in [0, 0.05) is 22.7 Å². The number of ether oxygens (including phenoxy) is 2. The summed E-state index contributed by atoms with van der Waals surface area (Å²) in [5.74, 6) is 0.190. The lowest BCUT2D eigenvalue weighted by atomic mass is 10.1. The molecule has 2 aromatic rings. The van der Waals surface area contributed by atoms with Crippen LogP contribution in [0.4, 0.5) is 0 Å². The Hall–Kier alpha value is -2.85.